The number of amides is 1. The Morgan fingerprint density at radius 3 is 2.27 bits per heavy atom. The van der Waals surface area contributed by atoms with E-state index in [9.17, 15) is 9.59 Å². The number of anilines is 1. The number of rotatable bonds is 7. The monoisotopic (exact) mass is 359 g/mol. The predicted octanol–water partition coefficient (Wildman–Crippen LogP) is 2.90. The van der Waals surface area contributed by atoms with Crippen LogP contribution in [0, 0.1) is 0 Å². The molecule has 0 saturated heterocycles. The lowest BCUT2D eigenvalue weighted by Gasteiger charge is -2.18. The molecule has 0 bridgehead atoms. The zero-order chi connectivity index (χ0) is 19.1. The van der Waals surface area contributed by atoms with Crippen LogP contribution in [0.5, 0.6) is 17.2 Å². The maximum Gasteiger partial charge on any atom is 0.337 e. The van der Waals surface area contributed by atoms with Crippen molar-refractivity contribution in [2.24, 2.45) is 0 Å². The molecule has 2 aromatic rings. The molecule has 0 aliphatic carbocycles. The first-order chi connectivity index (χ1) is 12.5. The van der Waals surface area contributed by atoms with E-state index in [1.807, 2.05) is 6.07 Å². The van der Waals surface area contributed by atoms with E-state index in [1.54, 1.807) is 31.2 Å². The van der Waals surface area contributed by atoms with Crippen LogP contribution in [0.1, 0.15) is 17.3 Å². The predicted molar refractivity (Wildman–Crippen MR) is 96.0 cm³/mol. The molecule has 1 N–H and O–H groups in total. The Bertz CT molecular complexity index is 789. The van der Waals surface area contributed by atoms with Crippen molar-refractivity contribution in [1.29, 1.82) is 0 Å². The van der Waals surface area contributed by atoms with Gasteiger partial charge in [-0.3, -0.25) is 4.79 Å². The van der Waals surface area contributed by atoms with Gasteiger partial charge in [-0.25, -0.2) is 4.79 Å². The third-order valence-electron chi connectivity index (χ3n) is 3.62. The number of ether oxygens (including phenoxy) is 4. The minimum atomic E-state index is -0.808. The van der Waals surface area contributed by atoms with Crippen molar-refractivity contribution in [2.45, 2.75) is 13.0 Å². The summed E-state index contributed by atoms with van der Waals surface area (Å²) in [6.45, 7) is 1.61. The fourth-order valence-electron chi connectivity index (χ4n) is 2.24. The lowest BCUT2D eigenvalue weighted by atomic mass is 10.2. The van der Waals surface area contributed by atoms with Crippen LogP contribution in [0.2, 0.25) is 0 Å². The van der Waals surface area contributed by atoms with Crippen LogP contribution < -0.4 is 19.5 Å². The summed E-state index contributed by atoms with van der Waals surface area (Å²) in [6, 6.07) is 11.7. The maximum atomic E-state index is 12.4. The average molecular weight is 359 g/mol. The molecule has 1 amide bonds. The molecule has 0 spiro atoms. The van der Waals surface area contributed by atoms with E-state index >= 15 is 0 Å². The first-order valence-corrected chi connectivity index (χ1v) is 7.87. The molecule has 0 heterocycles. The van der Waals surface area contributed by atoms with Gasteiger partial charge >= 0.3 is 5.97 Å². The fourth-order valence-corrected chi connectivity index (χ4v) is 2.24. The van der Waals surface area contributed by atoms with Gasteiger partial charge in [-0.15, -0.1) is 0 Å². The van der Waals surface area contributed by atoms with Crippen LogP contribution in [0.3, 0.4) is 0 Å². The van der Waals surface area contributed by atoms with Gasteiger partial charge in [0.25, 0.3) is 5.91 Å². The zero-order valence-corrected chi connectivity index (χ0v) is 15.1. The molecule has 0 saturated carbocycles. The highest BCUT2D eigenvalue weighted by Crippen LogP contribution is 2.30. The number of hydrogen-bond acceptors (Lipinski definition) is 6. The second kappa shape index (κ2) is 8.75. The van der Waals surface area contributed by atoms with Gasteiger partial charge in [0.1, 0.15) is 5.75 Å². The first kappa shape index (κ1) is 19.1. The molecular formula is C19H21NO6. The van der Waals surface area contributed by atoms with Crippen molar-refractivity contribution in [3.05, 3.63) is 48.0 Å². The van der Waals surface area contributed by atoms with Gasteiger partial charge in [-0.1, -0.05) is 12.1 Å². The number of esters is 1. The Hall–Kier alpha value is -3.22. The molecule has 0 fully saturated rings. The van der Waals surface area contributed by atoms with E-state index in [0.717, 1.165) is 0 Å². The molecule has 0 aliphatic heterocycles. The Kier molecular flexibility index (Phi) is 6.43. The Morgan fingerprint density at radius 1 is 0.923 bits per heavy atom. The van der Waals surface area contributed by atoms with E-state index in [-0.39, 0.29) is 5.91 Å². The first-order valence-electron chi connectivity index (χ1n) is 7.87. The molecular weight excluding hydrogens is 338 g/mol. The summed E-state index contributed by atoms with van der Waals surface area (Å²) in [5.74, 6) is 0.367. The summed E-state index contributed by atoms with van der Waals surface area (Å²) < 4.78 is 20.8. The van der Waals surface area contributed by atoms with E-state index in [2.05, 4.69) is 10.1 Å². The van der Waals surface area contributed by atoms with Gasteiger partial charge in [-0.2, -0.15) is 0 Å². The number of carbonyl (C=O) groups excluding carboxylic acids is 2. The SMILES string of the molecule is COC(=O)c1ccc(O[C@@H](C)C(=O)Nc2ccccc2OC)c(OC)c1. The van der Waals surface area contributed by atoms with E-state index in [0.29, 0.717) is 28.5 Å². The lowest BCUT2D eigenvalue weighted by molar-refractivity contribution is -0.122. The topological polar surface area (TPSA) is 83.1 Å². The van der Waals surface area contributed by atoms with Crippen LogP contribution in [-0.2, 0) is 9.53 Å². The third kappa shape index (κ3) is 4.44. The smallest absolute Gasteiger partial charge is 0.337 e. The number of benzene rings is 2. The van der Waals surface area contributed by atoms with Gasteiger partial charge in [-0.05, 0) is 37.3 Å². The zero-order valence-electron chi connectivity index (χ0n) is 15.1. The maximum absolute atomic E-state index is 12.4. The molecule has 7 nitrogen and oxygen atoms in total. The van der Waals surface area contributed by atoms with E-state index < -0.39 is 12.1 Å². The summed E-state index contributed by atoms with van der Waals surface area (Å²) in [5, 5.41) is 2.75. The van der Waals surface area contributed by atoms with Crippen molar-refractivity contribution >= 4 is 17.6 Å². The number of hydrogen-bond donors (Lipinski definition) is 1. The lowest BCUT2D eigenvalue weighted by Crippen LogP contribution is -2.30. The molecule has 0 unspecified atom stereocenters. The summed E-state index contributed by atoms with van der Waals surface area (Å²) in [7, 11) is 4.27. The minimum Gasteiger partial charge on any atom is -0.495 e. The molecule has 0 aromatic heterocycles. The van der Waals surface area contributed by atoms with Gasteiger partial charge in [0, 0.05) is 0 Å². The summed E-state index contributed by atoms with van der Waals surface area (Å²) in [5.41, 5.74) is 0.867. The highest BCUT2D eigenvalue weighted by Gasteiger charge is 2.19. The van der Waals surface area contributed by atoms with Gasteiger partial charge in [0.15, 0.2) is 17.6 Å². The van der Waals surface area contributed by atoms with E-state index in [4.69, 9.17) is 14.2 Å². The average Bonchev–Trinajstić information content (AvgIpc) is 2.67. The molecule has 2 aromatic carbocycles. The minimum absolute atomic E-state index is 0.322. The normalized spacial score (nSPS) is 11.2. The van der Waals surface area contributed by atoms with Gasteiger partial charge in [0.05, 0.1) is 32.6 Å². The van der Waals surface area contributed by atoms with Crippen LogP contribution in [0.25, 0.3) is 0 Å². The summed E-state index contributed by atoms with van der Waals surface area (Å²) in [6.07, 6.45) is -0.808. The number of methoxy groups -OCH3 is 3. The van der Waals surface area contributed by atoms with Crippen LogP contribution in [0.4, 0.5) is 5.69 Å². The molecule has 1 atom stereocenters. The number of para-hydroxylation sites is 2. The standard InChI is InChI=1S/C19H21NO6/c1-12(18(21)20-14-7-5-6-8-15(14)23-2)26-16-10-9-13(19(22)25-4)11-17(16)24-3/h5-12H,1-4H3,(H,20,21)/t12-/m0/s1. The largest absolute Gasteiger partial charge is 0.495 e. The Morgan fingerprint density at radius 2 is 1.62 bits per heavy atom. The van der Waals surface area contributed by atoms with Crippen molar-refractivity contribution in [3.63, 3.8) is 0 Å². The van der Waals surface area contributed by atoms with E-state index in [1.165, 1.54) is 33.5 Å². The van der Waals surface area contributed by atoms with Crippen LogP contribution in [-0.4, -0.2) is 39.3 Å². The molecule has 7 heteroatoms. The summed E-state index contributed by atoms with van der Waals surface area (Å²) in [4.78, 5) is 24.0. The molecule has 26 heavy (non-hydrogen) atoms. The van der Waals surface area contributed by atoms with Crippen LogP contribution in [0.15, 0.2) is 42.5 Å². The number of nitrogens with one attached hydrogen (secondary N) is 1. The Balaban J connectivity index is 2.12. The Labute approximate surface area is 151 Å². The second-order valence-electron chi connectivity index (χ2n) is 5.31. The van der Waals surface area contributed by atoms with Crippen molar-refractivity contribution < 1.29 is 28.5 Å². The van der Waals surface area contributed by atoms with Crippen LogP contribution >= 0.6 is 0 Å². The molecule has 0 radical (unpaired) electrons. The third-order valence-corrected chi connectivity index (χ3v) is 3.62. The van der Waals surface area contributed by atoms with Crippen molar-refractivity contribution in [1.82, 2.24) is 0 Å². The van der Waals surface area contributed by atoms with Crippen molar-refractivity contribution in [2.75, 3.05) is 26.6 Å². The molecule has 0 aliphatic rings. The van der Waals surface area contributed by atoms with Crippen molar-refractivity contribution in [3.8, 4) is 17.2 Å². The molecule has 2 rings (SSSR count). The highest BCUT2D eigenvalue weighted by atomic mass is 16.5. The summed E-state index contributed by atoms with van der Waals surface area (Å²) >= 11 is 0. The molecule has 138 valence electrons. The highest BCUT2D eigenvalue weighted by molar-refractivity contribution is 5.95. The fraction of sp³-hybridized carbons (Fsp3) is 0.263. The van der Waals surface area contributed by atoms with Gasteiger partial charge < -0.3 is 24.3 Å². The second-order valence-corrected chi connectivity index (χ2v) is 5.31. The quantitative estimate of drug-likeness (QED) is 0.766. The van der Waals surface area contributed by atoms with Gasteiger partial charge in [0.2, 0.25) is 0 Å². The number of carbonyl (C=O) groups is 2.